The van der Waals surface area contributed by atoms with E-state index in [0.29, 0.717) is 17.1 Å². The average molecular weight is 474 g/mol. The molecule has 0 saturated heterocycles. The molecule has 33 heavy (non-hydrogen) atoms. The minimum absolute atomic E-state index is 0.0764. The molecule has 0 spiro atoms. The fourth-order valence-corrected chi connectivity index (χ4v) is 6.00. The Hall–Kier alpha value is -3.08. The van der Waals surface area contributed by atoms with Gasteiger partial charge in [0.1, 0.15) is 22.9 Å². The van der Waals surface area contributed by atoms with Crippen LogP contribution in [0.2, 0.25) is 0 Å². The number of nitrogens with zero attached hydrogens (tertiary/aromatic N) is 3. The summed E-state index contributed by atoms with van der Waals surface area (Å²) in [5.74, 6) is 0.659. The molecule has 0 bridgehead atoms. The van der Waals surface area contributed by atoms with Crippen molar-refractivity contribution >= 4 is 10.0 Å². The number of ether oxygens (including phenoxy) is 3. The van der Waals surface area contributed by atoms with Gasteiger partial charge < -0.3 is 14.2 Å². The van der Waals surface area contributed by atoms with Crippen molar-refractivity contribution in [2.75, 3.05) is 21.3 Å². The predicted octanol–water partition coefficient (Wildman–Crippen LogP) is 3.41. The molecule has 1 aliphatic rings. The number of hydrogen-bond acceptors (Lipinski definition) is 7. The Morgan fingerprint density at radius 2 is 1.67 bits per heavy atom. The summed E-state index contributed by atoms with van der Waals surface area (Å²) in [6.07, 6.45) is 0.928. The summed E-state index contributed by atoms with van der Waals surface area (Å²) >= 11 is 0. The molecular formula is C23H24FN3O5S. The average Bonchev–Trinajstić information content (AvgIpc) is 2.83. The Kier molecular flexibility index (Phi) is 6.59. The van der Waals surface area contributed by atoms with Crippen LogP contribution in [-0.4, -0.2) is 44.0 Å². The highest BCUT2D eigenvalue weighted by Crippen LogP contribution is 2.45. The molecule has 0 amide bonds. The normalized spacial score (nSPS) is 18.4. The highest BCUT2D eigenvalue weighted by Gasteiger charge is 2.46. The monoisotopic (exact) mass is 473 g/mol. The van der Waals surface area contributed by atoms with Crippen molar-refractivity contribution in [3.63, 3.8) is 0 Å². The molecule has 0 radical (unpaired) electrons. The molecule has 1 aromatic heterocycles. The van der Waals surface area contributed by atoms with Gasteiger partial charge in [-0.25, -0.2) is 22.8 Å². The number of rotatable bonds is 7. The molecule has 8 nitrogen and oxygen atoms in total. The lowest BCUT2D eigenvalue weighted by atomic mass is 9.99. The zero-order valence-corrected chi connectivity index (χ0v) is 19.3. The minimum atomic E-state index is -3.94. The van der Waals surface area contributed by atoms with Crippen molar-refractivity contribution in [2.45, 2.75) is 24.4 Å². The summed E-state index contributed by atoms with van der Waals surface area (Å²) in [6, 6.07) is 12.5. The fourth-order valence-electron chi connectivity index (χ4n) is 3.94. The molecule has 10 heteroatoms. The molecular weight excluding hydrogens is 449 g/mol. The van der Waals surface area contributed by atoms with Crippen LogP contribution in [0.25, 0.3) is 0 Å². The standard InChI is InChI=1S/C23H24FN3O5S/c1-30-18-7-4-15(5-8-18)13-27-14-16-6-9-19(31-2)10-20(16)22(33(27,28)29)21(32-3)23-25-11-17(24)12-26-23/h4-12,21-22H,13-14H2,1-3H3/t21-,22-/m1/s1. The van der Waals surface area contributed by atoms with Gasteiger partial charge in [0.05, 0.1) is 26.6 Å². The number of fused-ring (bicyclic) bond motifs is 1. The van der Waals surface area contributed by atoms with Crippen molar-refractivity contribution < 1.29 is 27.0 Å². The number of halogens is 1. The zero-order valence-electron chi connectivity index (χ0n) is 18.4. The zero-order chi connectivity index (χ0) is 23.6. The van der Waals surface area contributed by atoms with Crippen LogP contribution in [0.3, 0.4) is 0 Å². The third-order valence-electron chi connectivity index (χ3n) is 5.63. The van der Waals surface area contributed by atoms with Gasteiger partial charge in [0.2, 0.25) is 10.0 Å². The highest BCUT2D eigenvalue weighted by atomic mass is 32.2. The number of hydrogen-bond donors (Lipinski definition) is 0. The van der Waals surface area contributed by atoms with Crippen molar-refractivity contribution in [3.05, 3.63) is 83.2 Å². The third-order valence-corrected chi connectivity index (χ3v) is 7.75. The van der Waals surface area contributed by atoms with Gasteiger partial charge in [0.25, 0.3) is 0 Å². The summed E-state index contributed by atoms with van der Waals surface area (Å²) in [6.45, 7) is 0.347. The molecule has 2 heterocycles. The topological polar surface area (TPSA) is 90.8 Å². The molecule has 174 valence electrons. The van der Waals surface area contributed by atoms with Crippen LogP contribution in [0.4, 0.5) is 4.39 Å². The van der Waals surface area contributed by atoms with Crippen LogP contribution in [0, 0.1) is 5.82 Å². The molecule has 1 aliphatic heterocycles. The van der Waals surface area contributed by atoms with Gasteiger partial charge in [-0.3, -0.25) is 0 Å². The highest BCUT2D eigenvalue weighted by molar-refractivity contribution is 7.89. The van der Waals surface area contributed by atoms with Gasteiger partial charge >= 0.3 is 0 Å². The first-order chi connectivity index (χ1) is 15.9. The van der Waals surface area contributed by atoms with Crippen molar-refractivity contribution in [2.24, 2.45) is 0 Å². The summed E-state index contributed by atoms with van der Waals surface area (Å²) in [5.41, 5.74) is 2.16. The number of sulfonamides is 1. The Morgan fingerprint density at radius 3 is 2.27 bits per heavy atom. The van der Waals surface area contributed by atoms with E-state index >= 15 is 0 Å². The lowest BCUT2D eigenvalue weighted by molar-refractivity contribution is 0.0871. The quantitative estimate of drug-likeness (QED) is 0.519. The Balaban J connectivity index is 1.80. The second-order valence-electron chi connectivity index (χ2n) is 7.56. The van der Waals surface area contributed by atoms with E-state index in [9.17, 15) is 12.8 Å². The molecule has 0 aliphatic carbocycles. The van der Waals surface area contributed by atoms with Crippen molar-refractivity contribution in [3.8, 4) is 11.5 Å². The van der Waals surface area contributed by atoms with E-state index in [2.05, 4.69) is 9.97 Å². The van der Waals surface area contributed by atoms with Gasteiger partial charge in [-0.05, 0) is 41.0 Å². The molecule has 2 atom stereocenters. The first kappa shape index (κ1) is 23.1. The van der Waals surface area contributed by atoms with Crippen LogP contribution >= 0.6 is 0 Å². The molecule has 0 N–H and O–H groups in total. The van der Waals surface area contributed by atoms with Gasteiger partial charge in [0, 0.05) is 20.2 Å². The Labute approximate surface area is 192 Å². The second-order valence-corrected chi connectivity index (χ2v) is 9.62. The number of methoxy groups -OCH3 is 3. The van der Waals surface area contributed by atoms with E-state index < -0.39 is 27.2 Å². The van der Waals surface area contributed by atoms with E-state index in [1.54, 1.807) is 31.4 Å². The number of aromatic nitrogens is 2. The minimum Gasteiger partial charge on any atom is -0.497 e. The van der Waals surface area contributed by atoms with Crippen LogP contribution in [0.5, 0.6) is 11.5 Å². The maximum Gasteiger partial charge on any atom is 0.224 e. The predicted molar refractivity (Wildman–Crippen MR) is 119 cm³/mol. The van der Waals surface area contributed by atoms with Crippen LogP contribution in [0.1, 0.15) is 33.9 Å². The summed E-state index contributed by atoms with van der Waals surface area (Å²) < 4.78 is 58.7. The lowest BCUT2D eigenvalue weighted by Crippen LogP contribution is -2.41. The van der Waals surface area contributed by atoms with E-state index in [1.807, 2.05) is 18.2 Å². The van der Waals surface area contributed by atoms with Crippen molar-refractivity contribution in [1.82, 2.24) is 14.3 Å². The van der Waals surface area contributed by atoms with Crippen LogP contribution in [0.15, 0.2) is 54.9 Å². The van der Waals surface area contributed by atoms with Crippen LogP contribution < -0.4 is 9.47 Å². The SMILES string of the molecule is COc1ccc(CN2Cc3ccc(OC)cc3[C@H]([C@@H](OC)c3ncc(F)cn3)S2(=O)=O)cc1. The van der Waals surface area contributed by atoms with Crippen molar-refractivity contribution in [1.29, 1.82) is 0 Å². The molecule has 0 unspecified atom stereocenters. The summed E-state index contributed by atoms with van der Waals surface area (Å²) in [7, 11) is 0.532. The summed E-state index contributed by atoms with van der Waals surface area (Å²) in [4.78, 5) is 7.99. The third kappa shape index (κ3) is 4.54. The fraction of sp³-hybridized carbons (Fsp3) is 0.304. The first-order valence-electron chi connectivity index (χ1n) is 10.2. The van der Waals surface area contributed by atoms with E-state index in [1.165, 1.54) is 18.5 Å². The van der Waals surface area contributed by atoms with E-state index in [-0.39, 0.29) is 18.9 Å². The smallest absolute Gasteiger partial charge is 0.224 e. The molecule has 4 rings (SSSR count). The first-order valence-corrected chi connectivity index (χ1v) is 11.7. The summed E-state index contributed by atoms with van der Waals surface area (Å²) in [5, 5.41) is -1.15. The molecule has 0 fully saturated rings. The van der Waals surface area contributed by atoms with Gasteiger partial charge in [-0.15, -0.1) is 0 Å². The Morgan fingerprint density at radius 1 is 1.03 bits per heavy atom. The number of benzene rings is 2. The van der Waals surface area contributed by atoms with Gasteiger partial charge in [-0.1, -0.05) is 18.2 Å². The maximum absolute atomic E-state index is 13.9. The Bertz CT molecular complexity index is 1220. The van der Waals surface area contributed by atoms with Gasteiger partial charge in [0.15, 0.2) is 11.6 Å². The molecule has 2 aromatic carbocycles. The van der Waals surface area contributed by atoms with E-state index in [0.717, 1.165) is 23.5 Å². The van der Waals surface area contributed by atoms with Crippen LogP contribution in [-0.2, 0) is 27.8 Å². The van der Waals surface area contributed by atoms with E-state index in [4.69, 9.17) is 14.2 Å². The largest absolute Gasteiger partial charge is 0.497 e. The molecule has 3 aromatic rings. The maximum atomic E-state index is 13.9. The van der Waals surface area contributed by atoms with Gasteiger partial charge in [-0.2, -0.15) is 4.31 Å². The second kappa shape index (κ2) is 9.42. The molecule has 0 saturated carbocycles. The lowest BCUT2D eigenvalue weighted by Gasteiger charge is -2.37.